The van der Waals surface area contributed by atoms with Crippen molar-refractivity contribution < 1.29 is 19.1 Å². The zero-order valence-electron chi connectivity index (χ0n) is 20.9. The van der Waals surface area contributed by atoms with Crippen molar-refractivity contribution in [3.05, 3.63) is 90.5 Å². The summed E-state index contributed by atoms with van der Waals surface area (Å²) in [6, 6.07) is 20.0. The third-order valence-electron chi connectivity index (χ3n) is 5.86. The first kappa shape index (κ1) is 27.1. The van der Waals surface area contributed by atoms with Gasteiger partial charge in [-0.25, -0.2) is 0 Å². The number of amidine groups is 1. The van der Waals surface area contributed by atoms with Gasteiger partial charge in [0, 0.05) is 23.8 Å². The largest absolute Gasteiger partial charge is 0.466 e. The summed E-state index contributed by atoms with van der Waals surface area (Å²) >= 11 is 0. The Balaban J connectivity index is 1.83. The van der Waals surface area contributed by atoms with Crippen molar-refractivity contribution in [3.63, 3.8) is 0 Å². The average molecular weight is 501 g/mol. The van der Waals surface area contributed by atoms with Gasteiger partial charge in [-0.3, -0.25) is 19.8 Å². The number of amides is 2. The molecule has 8 heteroatoms. The zero-order valence-corrected chi connectivity index (χ0v) is 20.9. The Morgan fingerprint density at radius 1 is 1.03 bits per heavy atom. The van der Waals surface area contributed by atoms with Crippen molar-refractivity contribution in [1.29, 1.82) is 5.41 Å². The van der Waals surface area contributed by atoms with E-state index < -0.39 is 12.0 Å². The SMILES string of the molecule is C=CC(CC(=O)OCC)NC(=O)CCC(=O)N(Cc1ccccc1)c1ccc(C(=N)N)c2ccccc12. The highest BCUT2D eigenvalue weighted by atomic mass is 16.5. The highest BCUT2D eigenvalue weighted by Crippen LogP contribution is 2.31. The van der Waals surface area contributed by atoms with E-state index in [9.17, 15) is 14.4 Å². The molecule has 3 rings (SSSR count). The maximum Gasteiger partial charge on any atom is 0.308 e. The Morgan fingerprint density at radius 2 is 1.70 bits per heavy atom. The number of esters is 1. The molecule has 192 valence electrons. The van der Waals surface area contributed by atoms with Gasteiger partial charge < -0.3 is 20.7 Å². The summed E-state index contributed by atoms with van der Waals surface area (Å²) < 4.78 is 4.93. The number of nitrogens with two attached hydrogens (primary N) is 1. The molecular weight excluding hydrogens is 468 g/mol. The standard InChI is InChI=1S/C29H32N4O4/c1-3-21(18-28(36)37-4-2)32-26(34)16-17-27(35)33(19-20-10-6-5-7-11-20)25-15-14-24(29(30)31)22-12-8-9-13-23(22)25/h3,5-15,21H,1,4,16-19H2,2H3,(H3,30,31)(H,32,34). The molecule has 0 spiro atoms. The van der Waals surface area contributed by atoms with E-state index in [0.717, 1.165) is 16.3 Å². The number of nitrogen functional groups attached to an aromatic ring is 1. The van der Waals surface area contributed by atoms with Crippen molar-refractivity contribution in [2.75, 3.05) is 11.5 Å². The van der Waals surface area contributed by atoms with Crippen LogP contribution >= 0.6 is 0 Å². The predicted molar refractivity (Wildman–Crippen MR) is 145 cm³/mol. The van der Waals surface area contributed by atoms with Gasteiger partial charge in [-0.05, 0) is 30.0 Å². The normalized spacial score (nSPS) is 11.4. The molecule has 0 bridgehead atoms. The molecule has 0 aliphatic heterocycles. The minimum absolute atomic E-state index is 0.0222. The van der Waals surface area contributed by atoms with Crippen LogP contribution in [0.15, 0.2) is 79.4 Å². The van der Waals surface area contributed by atoms with Crippen LogP contribution in [0.5, 0.6) is 0 Å². The second-order valence-electron chi connectivity index (χ2n) is 8.48. The highest BCUT2D eigenvalue weighted by Gasteiger charge is 2.22. The smallest absolute Gasteiger partial charge is 0.308 e. The summed E-state index contributed by atoms with van der Waals surface area (Å²) in [5.41, 5.74) is 7.98. The molecule has 8 nitrogen and oxygen atoms in total. The van der Waals surface area contributed by atoms with E-state index >= 15 is 0 Å². The van der Waals surface area contributed by atoms with E-state index in [4.69, 9.17) is 15.9 Å². The van der Waals surface area contributed by atoms with E-state index in [0.29, 0.717) is 17.8 Å². The maximum absolute atomic E-state index is 13.5. The first-order chi connectivity index (χ1) is 17.8. The first-order valence-corrected chi connectivity index (χ1v) is 12.1. The second-order valence-corrected chi connectivity index (χ2v) is 8.48. The van der Waals surface area contributed by atoms with Gasteiger partial charge in [0.05, 0.1) is 31.3 Å². The number of rotatable bonds is 12. The molecular formula is C29H32N4O4. The molecule has 0 aliphatic carbocycles. The fourth-order valence-corrected chi connectivity index (χ4v) is 4.05. The van der Waals surface area contributed by atoms with E-state index in [1.807, 2.05) is 54.6 Å². The third-order valence-corrected chi connectivity index (χ3v) is 5.86. The summed E-state index contributed by atoms with van der Waals surface area (Å²) in [7, 11) is 0. The molecule has 0 saturated heterocycles. The molecule has 0 saturated carbocycles. The Bertz CT molecular complexity index is 1290. The summed E-state index contributed by atoms with van der Waals surface area (Å²) in [4.78, 5) is 39.5. The molecule has 4 N–H and O–H groups in total. The number of nitrogens with zero attached hydrogens (tertiary/aromatic N) is 1. The lowest BCUT2D eigenvalue weighted by atomic mass is 10.0. The molecule has 1 atom stereocenters. The monoisotopic (exact) mass is 500 g/mol. The fourth-order valence-electron chi connectivity index (χ4n) is 4.05. The Morgan fingerprint density at radius 3 is 2.35 bits per heavy atom. The van der Waals surface area contributed by atoms with Crippen LogP contribution in [-0.4, -0.2) is 36.3 Å². The number of hydrogen-bond acceptors (Lipinski definition) is 5. The number of hydrogen-bond donors (Lipinski definition) is 3. The lowest BCUT2D eigenvalue weighted by molar-refractivity contribution is -0.143. The van der Waals surface area contributed by atoms with Crippen molar-refractivity contribution in [3.8, 4) is 0 Å². The van der Waals surface area contributed by atoms with Crippen LogP contribution in [0, 0.1) is 5.41 Å². The van der Waals surface area contributed by atoms with Gasteiger partial charge in [-0.1, -0.05) is 60.7 Å². The van der Waals surface area contributed by atoms with Crippen LogP contribution in [-0.2, 0) is 25.7 Å². The zero-order chi connectivity index (χ0) is 26.8. The van der Waals surface area contributed by atoms with Gasteiger partial charge in [-0.15, -0.1) is 6.58 Å². The lowest BCUT2D eigenvalue weighted by Crippen LogP contribution is -2.37. The predicted octanol–water partition coefficient (Wildman–Crippen LogP) is 4.06. The highest BCUT2D eigenvalue weighted by molar-refractivity contribution is 6.13. The van der Waals surface area contributed by atoms with E-state index in [1.165, 1.54) is 6.08 Å². The first-order valence-electron chi connectivity index (χ1n) is 12.1. The van der Waals surface area contributed by atoms with Crippen LogP contribution < -0.4 is 16.0 Å². The Labute approximate surface area is 216 Å². The molecule has 0 aromatic heterocycles. The van der Waals surface area contributed by atoms with Gasteiger partial charge in [0.25, 0.3) is 0 Å². The summed E-state index contributed by atoms with van der Waals surface area (Å²) in [6.07, 6.45) is 1.36. The number of nitrogens with one attached hydrogen (secondary N) is 2. The van der Waals surface area contributed by atoms with Gasteiger partial charge in [0.1, 0.15) is 5.84 Å². The van der Waals surface area contributed by atoms with E-state index in [1.54, 1.807) is 24.0 Å². The molecule has 0 radical (unpaired) electrons. The fraction of sp³-hybridized carbons (Fsp3) is 0.241. The van der Waals surface area contributed by atoms with Crippen LogP contribution in [0.1, 0.15) is 37.3 Å². The number of fused-ring (bicyclic) bond motifs is 1. The molecule has 2 amide bonds. The van der Waals surface area contributed by atoms with E-state index in [2.05, 4.69) is 11.9 Å². The number of benzene rings is 3. The van der Waals surface area contributed by atoms with Crippen molar-refractivity contribution in [2.45, 2.75) is 38.8 Å². The van der Waals surface area contributed by atoms with Crippen molar-refractivity contribution >= 4 is 40.1 Å². The van der Waals surface area contributed by atoms with Gasteiger partial charge >= 0.3 is 5.97 Å². The molecule has 0 fully saturated rings. The second kappa shape index (κ2) is 13.0. The number of ether oxygens (including phenoxy) is 1. The van der Waals surface area contributed by atoms with Gasteiger partial charge in [0.15, 0.2) is 0 Å². The van der Waals surface area contributed by atoms with Gasteiger partial charge in [0.2, 0.25) is 11.8 Å². The summed E-state index contributed by atoms with van der Waals surface area (Å²) in [5.74, 6) is -1.09. The maximum atomic E-state index is 13.5. The number of anilines is 1. The molecule has 0 heterocycles. The molecule has 3 aromatic rings. The summed E-state index contributed by atoms with van der Waals surface area (Å²) in [6.45, 7) is 5.94. The lowest BCUT2D eigenvalue weighted by Gasteiger charge is -2.25. The van der Waals surface area contributed by atoms with E-state index in [-0.39, 0.29) is 43.5 Å². The average Bonchev–Trinajstić information content (AvgIpc) is 2.90. The quantitative estimate of drug-likeness (QED) is 0.150. The van der Waals surface area contributed by atoms with Gasteiger partial charge in [-0.2, -0.15) is 0 Å². The number of carbonyl (C=O) groups is 3. The molecule has 0 aliphatic rings. The van der Waals surface area contributed by atoms with Crippen LogP contribution in [0.3, 0.4) is 0 Å². The van der Waals surface area contributed by atoms with Crippen molar-refractivity contribution in [2.24, 2.45) is 5.73 Å². The van der Waals surface area contributed by atoms with Crippen LogP contribution in [0.2, 0.25) is 0 Å². The topological polar surface area (TPSA) is 126 Å². The van der Waals surface area contributed by atoms with Crippen LogP contribution in [0.4, 0.5) is 5.69 Å². The minimum atomic E-state index is -0.579. The molecule has 37 heavy (non-hydrogen) atoms. The van der Waals surface area contributed by atoms with Crippen LogP contribution in [0.25, 0.3) is 10.8 Å². The molecule has 3 aromatic carbocycles. The number of carbonyl (C=O) groups excluding carboxylic acids is 3. The third kappa shape index (κ3) is 7.27. The van der Waals surface area contributed by atoms with Crippen molar-refractivity contribution in [1.82, 2.24) is 5.32 Å². The molecule has 1 unspecified atom stereocenters. The minimum Gasteiger partial charge on any atom is -0.466 e. The Hall–Kier alpha value is -4.46. The summed E-state index contributed by atoms with van der Waals surface area (Å²) in [5, 5.41) is 12.2. The Kier molecular flexibility index (Phi) is 9.55.